The number of carbonyl (C=O) groups excluding carboxylic acids is 2. The Hall–Kier alpha value is -2.85. The van der Waals surface area contributed by atoms with Crippen LogP contribution in [0.4, 0.5) is 10.5 Å². The van der Waals surface area contributed by atoms with Crippen molar-refractivity contribution < 1.29 is 23.5 Å². The van der Waals surface area contributed by atoms with Crippen LogP contribution in [0.15, 0.2) is 60.0 Å². The standard InChI is InChI=1S/C34H47ClN2O5SSi/c1-11-20-36(27-17-15-24(16-18-27)30-28(19-21-43-30)31(38)40-8)37(32(39)41-33(2,3)4)23-29(25-13-12-14-26(35)22-25)42-44(9,10)34(5,6)7/h12-19,21-22,29H,11,20,23H2,1-10H3/t29-/m0/s1. The van der Waals surface area contributed by atoms with Gasteiger partial charge in [0.15, 0.2) is 8.32 Å². The number of benzene rings is 2. The van der Waals surface area contributed by atoms with Crippen LogP contribution >= 0.6 is 22.9 Å². The summed E-state index contributed by atoms with van der Waals surface area (Å²) in [5, 5.41) is 6.05. The molecular formula is C34H47ClN2O5SSi. The number of thiophene rings is 1. The zero-order valence-electron chi connectivity index (χ0n) is 27.7. The summed E-state index contributed by atoms with van der Waals surface area (Å²) in [5.41, 5.74) is 2.43. The van der Waals surface area contributed by atoms with Gasteiger partial charge in [-0.05, 0) is 92.2 Å². The largest absolute Gasteiger partial charge is 0.465 e. The van der Waals surface area contributed by atoms with Gasteiger partial charge in [-0.15, -0.1) is 11.3 Å². The minimum absolute atomic E-state index is 0.0512. The van der Waals surface area contributed by atoms with Crippen LogP contribution in [-0.2, 0) is 13.9 Å². The van der Waals surface area contributed by atoms with Crippen LogP contribution in [-0.4, -0.2) is 51.2 Å². The molecular weight excluding hydrogens is 612 g/mol. The van der Waals surface area contributed by atoms with Gasteiger partial charge in [0.25, 0.3) is 0 Å². The van der Waals surface area contributed by atoms with Gasteiger partial charge in [-0.3, -0.25) is 5.01 Å². The van der Waals surface area contributed by atoms with E-state index in [4.69, 9.17) is 25.5 Å². The lowest BCUT2D eigenvalue weighted by Gasteiger charge is -2.43. The van der Waals surface area contributed by atoms with Crippen molar-refractivity contribution in [2.24, 2.45) is 0 Å². The highest BCUT2D eigenvalue weighted by Crippen LogP contribution is 2.41. The van der Waals surface area contributed by atoms with Crippen LogP contribution < -0.4 is 5.01 Å². The van der Waals surface area contributed by atoms with Crippen molar-refractivity contribution in [2.75, 3.05) is 25.2 Å². The number of methoxy groups -OCH3 is 1. The maximum atomic E-state index is 14.0. The molecule has 240 valence electrons. The van der Waals surface area contributed by atoms with Crippen LogP contribution in [0.3, 0.4) is 0 Å². The quantitative estimate of drug-likeness (QED) is 0.116. The van der Waals surface area contributed by atoms with Gasteiger partial charge in [0.05, 0.1) is 31.0 Å². The summed E-state index contributed by atoms with van der Waals surface area (Å²) in [4.78, 5) is 27.1. The number of hydrogen-bond donors (Lipinski definition) is 0. The third kappa shape index (κ3) is 9.09. The van der Waals surface area contributed by atoms with Gasteiger partial charge in [0.2, 0.25) is 0 Å². The van der Waals surface area contributed by atoms with Crippen molar-refractivity contribution in [3.05, 3.63) is 76.1 Å². The van der Waals surface area contributed by atoms with Crippen LogP contribution in [0.5, 0.6) is 0 Å². The molecule has 0 saturated carbocycles. The van der Waals surface area contributed by atoms with Crippen molar-refractivity contribution in [1.29, 1.82) is 0 Å². The Morgan fingerprint density at radius 3 is 2.20 bits per heavy atom. The third-order valence-electron chi connectivity index (χ3n) is 7.63. The molecule has 1 aromatic heterocycles. The number of ether oxygens (including phenoxy) is 2. The molecule has 0 unspecified atom stereocenters. The molecule has 0 radical (unpaired) electrons. The molecule has 3 aromatic rings. The Morgan fingerprint density at radius 2 is 1.66 bits per heavy atom. The van der Waals surface area contributed by atoms with Gasteiger partial charge < -0.3 is 13.9 Å². The predicted molar refractivity (Wildman–Crippen MR) is 184 cm³/mol. The van der Waals surface area contributed by atoms with Gasteiger partial charge >= 0.3 is 12.1 Å². The molecule has 0 aliphatic carbocycles. The summed E-state index contributed by atoms with van der Waals surface area (Å²) in [5.74, 6) is -0.372. The average Bonchev–Trinajstić information content (AvgIpc) is 3.42. The number of hydrazine groups is 1. The lowest BCUT2D eigenvalue weighted by atomic mass is 10.1. The molecule has 0 saturated heterocycles. The highest BCUT2D eigenvalue weighted by Gasteiger charge is 2.41. The smallest absolute Gasteiger partial charge is 0.429 e. The highest BCUT2D eigenvalue weighted by atomic mass is 35.5. The van der Waals surface area contributed by atoms with E-state index in [9.17, 15) is 9.59 Å². The number of anilines is 1. The number of nitrogens with zero attached hydrogens (tertiary/aromatic N) is 2. The van der Waals surface area contributed by atoms with E-state index >= 15 is 0 Å². The fourth-order valence-corrected chi connectivity index (χ4v) is 6.75. The van der Waals surface area contributed by atoms with Gasteiger partial charge in [-0.25, -0.2) is 14.6 Å². The number of hydrogen-bond acceptors (Lipinski definition) is 7. The Balaban J connectivity index is 2.09. The van der Waals surface area contributed by atoms with Crippen LogP contribution in [0.1, 0.15) is 76.9 Å². The van der Waals surface area contributed by atoms with E-state index in [1.807, 2.05) is 79.7 Å². The molecule has 0 aliphatic rings. The summed E-state index contributed by atoms with van der Waals surface area (Å²) in [6.07, 6.45) is -0.134. The first-order valence-corrected chi connectivity index (χ1v) is 19.1. The number of amides is 1. The highest BCUT2D eigenvalue weighted by molar-refractivity contribution is 7.14. The van der Waals surface area contributed by atoms with E-state index in [1.54, 1.807) is 11.1 Å². The molecule has 2 aromatic carbocycles. The van der Waals surface area contributed by atoms with E-state index in [1.165, 1.54) is 18.4 Å². The van der Waals surface area contributed by atoms with Crippen LogP contribution in [0.2, 0.25) is 23.2 Å². The summed E-state index contributed by atoms with van der Waals surface area (Å²) in [6.45, 7) is 19.5. The molecule has 0 fully saturated rings. The van der Waals surface area contributed by atoms with Gasteiger partial charge in [0, 0.05) is 16.4 Å². The zero-order valence-corrected chi connectivity index (χ0v) is 30.3. The van der Waals surface area contributed by atoms with E-state index in [-0.39, 0.29) is 17.6 Å². The van der Waals surface area contributed by atoms with Gasteiger partial charge in [-0.2, -0.15) is 0 Å². The van der Waals surface area contributed by atoms with E-state index in [0.29, 0.717) is 17.1 Å². The molecule has 1 amide bonds. The Morgan fingerprint density at radius 1 is 1.00 bits per heavy atom. The van der Waals surface area contributed by atoms with Crippen molar-refractivity contribution >= 4 is 49.0 Å². The van der Waals surface area contributed by atoms with E-state index < -0.39 is 26.1 Å². The summed E-state index contributed by atoms with van der Waals surface area (Å²) in [6, 6.07) is 17.3. The Kier molecular flexibility index (Phi) is 11.7. The SMILES string of the molecule is CCCN(c1ccc(-c2sccc2C(=O)OC)cc1)N(C[C@H](O[Si](C)(C)C(C)(C)C)c1cccc(Cl)c1)C(=O)OC(C)(C)C. The molecule has 0 bridgehead atoms. The molecule has 1 atom stereocenters. The fraction of sp³-hybridized carbons (Fsp3) is 0.471. The second-order valence-electron chi connectivity index (χ2n) is 13.3. The molecule has 0 N–H and O–H groups in total. The van der Waals surface area contributed by atoms with Crippen LogP contribution in [0, 0.1) is 0 Å². The molecule has 3 rings (SSSR count). The third-order valence-corrected chi connectivity index (χ3v) is 13.3. The fourth-order valence-electron chi connectivity index (χ4n) is 4.38. The minimum Gasteiger partial charge on any atom is -0.465 e. The minimum atomic E-state index is -2.28. The Labute approximate surface area is 273 Å². The first-order chi connectivity index (χ1) is 20.5. The number of rotatable bonds is 11. The lowest BCUT2D eigenvalue weighted by Crippen LogP contribution is -2.52. The monoisotopic (exact) mass is 658 g/mol. The van der Waals surface area contributed by atoms with Gasteiger partial charge in [0.1, 0.15) is 5.60 Å². The topological polar surface area (TPSA) is 68.3 Å². The average molecular weight is 659 g/mol. The molecule has 7 nitrogen and oxygen atoms in total. The first-order valence-electron chi connectivity index (χ1n) is 14.9. The van der Waals surface area contributed by atoms with E-state index in [0.717, 1.165) is 28.1 Å². The Bertz CT molecular complexity index is 1410. The summed E-state index contributed by atoms with van der Waals surface area (Å²) in [7, 11) is -0.901. The lowest BCUT2D eigenvalue weighted by molar-refractivity contribution is 0.0125. The predicted octanol–water partition coefficient (Wildman–Crippen LogP) is 9.99. The van der Waals surface area contributed by atoms with Crippen molar-refractivity contribution in [1.82, 2.24) is 5.01 Å². The normalized spacial score (nSPS) is 12.9. The zero-order chi connectivity index (χ0) is 32.9. The summed E-state index contributed by atoms with van der Waals surface area (Å²) >= 11 is 7.93. The molecule has 10 heteroatoms. The summed E-state index contributed by atoms with van der Waals surface area (Å²) < 4.78 is 17.9. The molecule has 0 aliphatic heterocycles. The van der Waals surface area contributed by atoms with Crippen LogP contribution in [0.25, 0.3) is 10.4 Å². The van der Waals surface area contributed by atoms with Crippen molar-refractivity contribution in [3.8, 4) is 10.4 Å². The maximum Gasteiger partial charge on any atom is 0.429 e. The number of carbonyl (C=O) groups is 2. The van der Waals surface area contributed by atoms with E-state index in [2.05, 4.69) is 40.8 Å². The van der Waals surface area contributed by atoms with Crippen molar-refractivity contribution in [2.45, 2.75) is 84.7 Å². The second-order valence-corrected chi connectivity index (χ2v) is 19.4. The second kappa shape index (κ2) is 14.5. The molecule has 0 spiro atoms. The number of esters is 1. The number of halogens is 1. The molecule has 1 heterocycles. The van der Waals surface area contributed by atoms with Gasteiger partial charge in [-0.1, -0.05) is 63.6 Å². The maximum absolute atomic E-state index is 14.0. The first kappa shape index (κ1) is 35.6. The van der Waals surface area contributed by atoms with Crippen molar-refractivity contribution in [3.63, 3.8) is 0 Å². The molecule has 44 heavy (non-hydrogen) atoms.